The van der Waals surface area contributed by atoms with Crippen LogP contribution in [0.25, 0.3) is 5.69 Å². The lowest BCUT2D eigenvalue weighted by Crippen LogP contribution is -2.07. The van der Waals surface area contributed by atoms with Crippen LogP contribution in [-0.4, -0.2) is 14.7 Å². The van der Waals surface area contributed by atoms with Gasteiger partial charge >= 0.3 is 6.18 Å². The Kier molecular flexibility index (Phi) is 3.19. The molecule has 0 saturated carbocycles. The molecule has 2 aromatic rings. The van der Waals surface area contributed by atoms with E-state index in [4.69, 9.17) is 11.6 Å². The maximum atomic E-state index is 12.4. The molecule has 0 aliphatic rings. The van der Waals surface area contributed by atoms with Gasteiger partial charge in [0.25, 0.3) is 5.69 Å². The number of halogens is 4. The van der Waals surface area contributed by atoms with E-state index >= 15 is 0 Å². The Bertz CT molecular complexity index is 639. The van der Waals surface area contributed by atoms with Gasteiger partial charge in [0.2, 0.25) is 0 Å². The molecule has 0 fully saturated rings. The molecule has 2 rings (SSSR count). The van der Waals surface area contributed by atoms with Gasteiger partial charge in [-0.15, -0.1) is 0 Å². The average Bonchev–Trinajstić information content (AvgIpc) is 2.77. The SMILES string of the molecule is O=[N+]([O-])c1ccc(-n2ccc(C(F)(F)F)n2)c(Cl)c1. The van der Waals surface area contributed by atoms with Gasteiger partial charge < -0.3 is 0 Å². The summed E-state index contributed by atoms with van der Waals surface area (Å²) in [6.07, 6.45) is -3.48. The zero-order chi connectivity index (χ0) is 14.2. The highest BCUT2D eigenvalue weighted by atomic mass is 35.5. The van der Waals surface area contributed by atoms with Crippen molar-refractivity contribution in [2.75, 3.05) is 0 Å². The van der Waals surface area contributed by atoms with E-state index in [0.29, 0.717) is 0 Å². The molecule has 0 spiro atoms. The molecule has 0 amide bonds. The van der Waals surface area contributed by atoms with Gasteiger partial charge in [0.15, 0.2) is 5.69 Å². The fraction of sp³-hybridized carbons (Fsp3) is 0.100. The standard InChI is InChI=1S/C10H5ClF3N3O2/c11-7-5-6(17(18)19)1-2-8(7)16-4-3-9(15-16)10(12,13)14/h1-5H. The van der Waals surface area contributed by atoms with Crippen molar-refractivity contribution >= 4 is 17.3 Å². The minimum atomic E-state index is -4.56. The molecule has 0 bridgehead atoms. The average molecular weight is 292 g/mol. The first-order valence-corrected chi connectivity index (χ1v) is 5.24. The summed E-state index contributed by atoms with van der Waals surface area (Å²) in [7, 11) is 0. The summed E-state index contributed by atoms with van der Waals surface area (Å²) in [5.74, 6) is 0. The molecule has 1 aromatic heterocycles. The minimum absolute atomic E-state index is 0.0639. The van der Waals surface area contributed by atoms with Gasteiger partial charge in [-0.1, -0.05) is 11.6 Å². The Balaban J connectivity index is 2.43. The van der Waals surface area contributed by atoms with Gasteiger partial charge in [0.05, 0.1) is 15.6 Å². The van der Waals surface area contributed by atoms with E-state index < -0.39 is 16.8 Å². The molecule has 0 radical (unpaired) electrons. The van der Waals surface area contributed by atoms with E-state index in [-0.39, 0.29) is 16.4 Å². The van der Waals surface area contributed by atoms with Crippen LogP contribution in [0.4, 0.5) is 18.9 Å². The van der Waals surface area contributed by atoms with Crippen molar-refractivity contribution in [1.29, 1.82) is 0 Å². The van der Waals surface area contributed by atoms with E-state index in [1.165, 1.54) is 6.07 Å². The van der Waals surface area contributed by atoms with Crippen LogP contribution in [0.3, 0.4) is 0 Å². The second kappa shape index (κ2) is 4.54. The summed E-state index contributed by atoms with van der Waals surface area (Å²) in [5.41, 5.74) is -1.19. The Labute approximate surface area is 109 Å². The van der Waals surface area contributed by atoms with Gasteiger partial charge in [-0.05, 0) is 12.1 Å². The van der Waals surface area contributed by atoms with E-state index in [1.54, 1.807) is 0 Å². The minimum Gasteiger partial charge on any atom is -0.258 e. The van der Waals surface area contributed by atoms with Crippen molar-refractivity contribution in [2.45, 2.75) is 6.18 Å². The summed E-state index contributed by atoms with van der Waals surface area (Å²) >= 11 is 5.78. The summed E-state index contributed by atoms with van der Waals surface area (Å²) in [6.45, 7) is 0. The van der Waals surface area contributed by atoms with Crippen LogP contribution in [0.1, 0.15) is 5.69 Å². The predicted octanol–water partition coefficient (Wildman–Crippen LogP) is 3.45. The number of benzene rings is 1. The van der Waals surface area contributed by atoms with Crippen molar-refractivity contribution in [3.05, 3.63) is 51.3 Å². The Morgan fingerprint density at radius 2 is 2.00 bits per heavy atom. The van der Waals surface area contributed by atoms with Crippen molar-refractivity contribution in [3.63, 3.8) is 0 Å². The van der Waals surface area contributed by atoms with E-state index in [0.717, 1.165) is 29.1 Å². The number of nitro benzene ring substituents is 1. The van der Waals surface area contributed by atoms with E-state index in [1.807, 2.05) is 0 Å². The van der Waals surface area contributed by atoms with Crippen LogP contribution in [-0.2, 0) is 6.18 Å². The third-order valence-electron chi connectivity index (χ3n) is 2.27. The molecule has 9 heteroatoms. The maximum Gasteiger partial charge on any atom is 0.435 e. The van der Waals surface area contributed by atoms with Crippen molar-refractivity contribution in [1.82, 2.24) is 9.78 Å². The Morgan fingerprint density at radius 1 is 1.32 bits per heavy atom. The highest BCUT2D eigenvalue weighted by Gasteiger charge is 2.33. The van der Waals surface area contributed by atoms with Crippen LogP contribution >= 0.6 is 11.6 Å². The monoisotopic (exact) mass is 291 g/mol. The largest absolute Gasteiger partial charge is 0.435 e. The molecule has 0 atom stereocenters. The second-order valence-electron chi connectivity index (χ2n) is 3.54. The first kappa shape index (κ1) is 13.3. The molecule has 1 heterocycles. The number of rotatable bonds is 2. The number of nitro groups is 1. The number of alkyl halides is 3. The molecule has 0 aliphatic carbocycles. The van der Waals surface area contributed by atoms with Gasteiger partial charge in [0.1, 0.15) is 0 Å². The molecular formula is C10H5ClF3N3O2. The molecule has 1 aromatic carbocycles. The highest BCUT2D eigenvalue weighted by molar-refractivity contribution is 6.32. The quantitative estimate of drug-likeness (QED) is 0.629. The fourth-order valence-electron chi connectivity index (χ4n) is 1.40. The topological polar surface area (TPSA) is 61.0 Å². The number of hydrogen-bond acceptors (Lipinski definition) is 3. The molecular weight excluding hydrogens is 287 g/mol. The number of non-ortho nitro benzene ring substituents is 1. The number of aromatic nitrogens is 2. The third-order valence-corrected chi connectivity index (χ3v) is 2.57. The Morgan fingerprint density at radius 3 is 2.47 bits per heavy atom. The summed E-state index contributed by atoms with van der Waals surface area (Å²) < 4.78 is 38.1. The zero-order valence-corrected chi connectivity index (χ0v) is 9.81. The lowest BCUT2D eigenvalue weighted by atomic mass is 10.3. The summed E-state index contributed by atoms with van der Waals surface area (Å²) in [5, 5.41) is 13.8. The Hall–Kier alpha value is -2.09. The van der Waals surface area contributed by atoms with Crippen LogP contribution in [0.2, 0.25) is 5.02 Å². The molecule has 19 heavy (non-hydrogen) atoms. The lowest BCUT2D eigenvalue weighted by molar-refractivity contribution is -0.384. The van der Waals surface area contributed by atoms with Gasteiger partial charge in [0, 0.05) is 18.3 Å². The second-order valence-corrected chi connectivity index (χ2v) is 3.94. The smallest absolute Gasteiger partial charge is 0.258 e. The summed E-state index contributed by atoms with van der Waals surface area (Å²) in [4.78, 5) is 9.86. The van der Waals surface area contributed by atoms with E-state index in [2.05, 4.69) is 5.10 Å². The third kappa shape index (κ3) is 2.68. The molecule has 0 N–H and O–H groups in total. The zero-order valence-electron chi connectivity index (χ0n) is 9.06. The van der Waals surface area contributed by atoms with Crippen LogP contribution < -0.4 is 0 Å². The van der Waals surface area contributed by atoms with Gasteiger partial charge in [-0.2, -0.15) is 18.3 Å². The van der Waals surface area contributed by atoms with Crippen LogP contribution in [0, 0.1) is 10.1 Å². The van der Waals surface area contributed by atoms with Gasteiger partial charge in [-0.25, -0.2) is 4.68 Å². The fourth-order valence-corrected chi connectivity index (χ4v) is 1.67. The van der Waals surface area contributed by atoms with Crippen molar-refractivity contribution in [3.8, 4) is 5.69 Å². The van der Waals surface area contributed by atoms with Crippen molar-refractivity contribution in [2.24, 2.45) is 0 Å². The predicted molar refractivity (Wildman–Crippen MR) is 60.2 cm³/mol. The first-order chi connectivity index (χ1) is 8.79. The molecule has 0 saturated heterocycles. The molecule has 0 unspecified atom stereocenters. The van der Waals surface area contributed by atoms with Gasteiger partial charge in [-0.3, -0.25) is 10.1 Å². The highest BCUT2D eigenvalue weighted by Crippen LogP contribution is 2.30. The van der Waals surface area contributed by atoms with Crippen LogP contribution in [0.15, 0.2) is 30.5 Å². The number of nitrogens with zero attached hydrogens (tertiary/aromatic N) is 3. The molecule has 5 nitrogen and oxygen atoms in total. The first-order valence-electron chi connectivity index (χ1n) is 4.86. The van der Waals surface area contributed by atoms with E-state index in [9.17, 15) is 23.3 Å². The van der Waals surface area contributed by atoms with Crippen LogP contribution in [0.5, 0.6) is 0 Å². The molecule has 0 aliphatic heterocycles. The lowest BCUT2D eigenvalue weighted by Gasteiger charge is -2.04. The molecule has 100 valence electrons. The van der Waals surface area contributed by atoms with Crippen molar-refractivity contribution < 1.29 is 18.1 Å². The number of hydrogen-bond donors (Lipinski definition) is 0. The normalized spacial score (nSPS) is 11.6. The maximum absolute atomic E-state index is 12.4. The summed E-state index contributed by atoms with van der Waals surface area (Å²) in [6, 6.07) is 4.20.